The third-order valence-electron chi connectivity index (χ3n) is 2.41. The second kappa shape index (κ2) is 5.44. The monoisotopic (exact) mass is 266 g/mol. The molecule has 2 aromatic carbocycles. The SMILES string of the molecule is Cc1ccc(COc2cc(Cl)ccc2Cl)cc1. The van der Waals surface area contributed by atoms with Crippen LogP contribution in [0.4, 0.5) is 0 Å². The van der Waals surface area contributed by atoms with Crippen LogP contribution in [0.3, 0.4) is 0 Å². The lowest BCUT2D eigenvalue weighted by molar-refractivity contribution is 0.306. The van der Waals surface area contributed by atoms with Crippen LogP contribution in [0.1, 0.15) is 11.1 Å². The first-order valence-corrected chi connectivity index (χ1v) is 6.04. The summed E-state index contributed by atoms with van der Waals surface area (Å²) in [6.45, 7) is 2.54. The number of hydrogen-bond acceptors (Lipinski definition) is 1. The molecule has 0 aliphatic heterocycles. The van der Waals surface area contributed by atoms with Crippen molar-refractivity contribution in [3.63, 3.8) is 0 Å². The number of halogens is 2. The molecule has 0 aliphatic rings. The van der Waals surface area contributed by atoms with Gasteiger partial charge in [0.1, 0.15) is 12.4 Å². The molecule has 0 fully saturated rings. The highest BCUT2D eigenvalue weighted by Crippen LogP contribution is 2.28. The first kappa shape index (κ1) is 12.3. The van der Waals surface area contributed by atoms with Crippen molar-refractivity contribution in [2.45, 2.75) is 13.5 Å². The second-order valence-corrected chi connectivity index (χ2v) is 4.69. The molecule has 2 aromatic rings. The van der Waals surface area contributed by atoms with Crippen molar-refractivity contribution in [3.05, 3.63) is 63.6 Å². The lowest BCUT2D eigenvalue weighted by atomic mass is 10.2. The van der Waals surface area contributed by atoms with Gasteiger partial charge in [0.2, 0.25) is 0 Å². The fourth-order valence-corrected chi connectivity index (χ4v) is 1.77. The molecule has 1 nitrogen and oxygen atoms in total. The Bertz CT molecular complexity index is 506. The van der Waals surface area contributed by atoms with Crippen molar-refractivity contribution in [1.29, 1.82) is 0 Å². The van der Waals surface area contributed by atoms with Crippen LogP contribution in [0.15, 0.2) is 42.5 Å². The molecule has 0 saturated heterocycles. The highest BCUT2D eigenvalue weighted by Gasteiger charge is 2.02. The Balaban J connectivity index is 2.07. The van der Waals surface area contributed by atoms with Crippen LogP contribution >= 0.6 is 23.2 Å². The molecule has 17 heavy (non-hydrogen) atoms. The third kappa shape index (κ3) is 3.39. The maximum absolute atomic E-state index is 6.00. The van der Waals surface area contributed by atoms with E-state index in [1.165, 1.54) is 5.56 Å². The zero-order chi connectivity index (χ0) is 12.3. The molecule has 0 N–H and O–H groups in total. The average molecular weight is 267 g/mol. The topological polar surface area (TPSA) is 9.23 Å². The minimum atomic E-state index is 0.486. The summed E-state index contributed by atoms with van der Waals surface area (Å²) >= 11 is 11.9. The van der Waals surface area contributed by atoms with E-state index in [-0.39, 0.29) is 0 Å². The summed E-state index contributed by atoms with van der Waals surface area (Å²) in [5, 5.41) is 1.19. The molecule has 3 heteroatoms. The molecule has 0 aliphatic carbocycles. The minimum absolute atomic E-state index is 0.486. The van der Waals surface area contributed by atoms with Gasteiger partial charge < -0.3 is 4.74 Å². The second-order valence-electron chi connectivity index (χ2n) is 3.85. The van der Waals surface area contributed by atoms with Crippen molar-refractivity contribution >= 4 is 23.2 Å². The van der Waals surface area contributed by atoms with E-state index in [1.807, 2.05) is 12.1 Å². The maximum atomic E-state index is 6.00. The van der Waals surface area contributed by atoms with Crippen molar-refractivity contribution < 1.29 is 4.74 Å². The predicted octanol–water partition coefficient (Wildman–Crippen LogP) is 4.88. The van der Waals surface area contributed by atoms with Crippen molar-refractivity contribution in [2.75, 3.05) is 0 Å². The van der Waals surface area contributed by atoms with E-state index in [4.69, 9.17) is 27.9 Å². The van der Waals surface area contributed by atoms with Crippen molar-refractivity contribution in [3.8, 4) is 5.75 Å². The molecule has 0 aromatic heterocycles. The first-order valence-electron chi connectivity index (χ1n) is 5.28. The lowest BCUT2D eigenvalue weighted by Gasteiger charge is -2.08. The normalized spacial score (nSPS) is 10.3. The van der Waals surface area contributed by atoms with Crippen molar-refractivity contribution in [2.24, 2.45) is 0 Å². The molecular formula is C14H12Cl2O. The number of ether oxygens (including phenoxy) is 1. The standard InChI is InChI=1S/C14H12Cl2O/c1-10-2-4-11(5-3-10)9-17-14-8-12(15)6-7-13(14)16/h2-8H,9H2,1H3. The van der Waals surface area contributed by atoms with Gasteiger partial charge in [-0.25, -0.2) is 0 Å². The highest BCUT2D eigenvalue weighted by molar-refractivity contribution is 6.34. The van der Waals surface area contributed by atoms with Gasteiger partial charge in [-0.3, -0.25) is 0 Å². The largest absolute Gasteiger partial charge is 0.487 e. The zero-order valence-electron chi connectivity index (χ0n) is 9.41. The van der Waals surface area contributed by atoms with E-state index >= 15 is 0 Å². The fraction of sp³-hybridized carbons (Fsp3) is 0.143. The first-order chi connectivity index (χ1) is 8.15. The van der Waals surface area contributed by atoms with Crippen LogP contribution in [0.25, 0.3) is 0 Å². The summed E-state index contributed by atoms with van der Waals surface area (Å²) in [6, 6.07) is 13.4. The molecule has 0 amide bonds. The van der Waals surface area contributed by atoms with Crippen LogP contribution in [0.5, 0.6) is 5.75 Å². The Hall–Kier alpha value is -1.18. The Labute approximate surface area is 111 Å². The van der Waals surface area contributed by atoms with Crippen LogP contribution in [0, 0.1) is 6.92 Å². The number of benzene rings is 2. The van der Waals surface area contributed by atoms with Crippen LogP contribution in [-0.4, -0.2) is 0 Å². The Kier molecular flexibility index (Phi) is 3.93. The van der Waals surface area contributed by atoms with Crippen LogP contribution in [-0.2, 0) is 6.61 Å². The molecule has 0 unspecified atom stereocenters. The van der Waals surface area contributed by atoms with Gasteiger partial charge in [-0.15, -0.1) is 0 Å². The van der Waals surface area contributed by atoms with Crippen molar-refractivity contribution in [1.82, 2.24) is 0 Å². The maximum Gasteiger partial charge on any atom is 0.139 e. The summed E-state index contributed by atoms with van der Waals surface area (Å²) in [5.41, 5.74) is 2.33. The number of hydrogen-bond donors (Lipinski definition) is 0. The van der Waals surface area contributed by atoms with E-state index in [2.05, 4.69) is 19.1 Å². The van der Waals surface area contributed by atoms with E-state index < -0.39 is 0 Å². The molecule has 0 bridgehead atoms. The highest BCUT2D eigenvalue weighted by atomic mass is 35.5. The molecule has 2 rings (SSSR count). The Morgan fingerprint density at radius 2 is 1.71 bits per heavy atom. The Morgan fingerprint density at radius 3 is 2.41 bits per heavy atom. The van der Waals surface area contributed by atoms with E-state index in [1.54, 1.807) is 18.2 Å². The van der Waals surface area contributed by atoms with Gasteiger partial charge >= 0.3 is 0 Å². The molecule has 0 saturated carbocycles. The van der Waals surface area contributed by atoms with Gasteiger partial charge in [-0.1, -0.05) is 53.0 Å². The van der Waals surface area contributed by atoms with Crippen LogP contribution < -0.4 is 4.74 Å². The van der Waals surface area contributed by atoms with Gasteiger partial charge in [0.25, 0.3) is 0 Å². The van der Waals surface area contributed by atoms with E-state index in [0.717, 1.165) is 5.56 Å². The van der Waals surface area contributed by atoms with Gasteiger partial charge in [0.05, 0.1) is 5.02 Å². The van der Waals surface area contributed by atoms with Gasteiger partial charge in [-0.05, 0) is 24.6 Å². The quantitative estimate of drug-likeness (QED) is 0.770. The van der Waals surface area contributed by atoms with E-state index in [9.17, 15) is 0 Å². The molecule has 0 atom stereocenters. The number of aryl methyl sites for hydroxylation is 1. The molecule has 0 spiro atoms. The molecule has 88 valence electrons. The van der Waals surface area contributed by atoms with Gasteiger partial charge in [0.15, 0.2) is 0 Å². The Morgan fingerprint density at radius 1 is 1.00 bits per heavy atom. The summed E-state index contributed by atoms with van der Waals surface area (Å²) in [6.07, 6.45) is 0. The zero-order valence-corrected chi connectivity index (χ0v) is 10.9. The van der Waals surface area contributed by atoms with Crippen LogP contribution in [0.2, 0.25) is 10.0 Å². The number of rotatable bonds is 3. The summed E-state index contributed by atoms with van der Waals surface area (Å²) in [4.78, 5) is 0. The lowest BCUT2D eigenvalue weighted by Crippen LogP contribution is -1.95. The molecule has 0 radical (unpaired) electrons. The van der Waals surface area contributed by atoms with Gasteiger partial charge in [-0.2, -0.15) is 0 Å². The molecular weight excluding hydrogens is 255 g/mol. The fourth-order valence-electron chi connectivity index (χ4n) is 1.43. The summed E-state index contributed by atoms with van der Waals surface area (Å²) in [5.74, 6) is 0.611. The summed E-state index contributed by atoms with van der Waals surface area (Å²) < 4.78 is 5.63. The minimum Gasteiger partial charge on any atom is -0.487 e. The smallest absolute Gasteiger partial charge is 0.139 e. The summed E-state index contributed by atoms with van der Waals surface area (Å²) in [7, 11) is 0. The predicted molar refractivity (Wildman–Crippen MR) is 72.0 cm³/mol. The van der Waals surface area contributed by atoms with Gasteiger partial charge in [0, 0.05) is 11.1 Å². The third-order valence-corrected chi connectivity index (χ3v) is 2.96. The molecule has 0 heterocycles. The van der Waals surface area contributed by atoms with E-state index in [0.29, 0.717) is 22.4 Å². The average Bonchev–Trinajstić information content (AvgIpc) is 2.32.